The molecule has 0 heterocycles. The van der Waals surface area contributed by atoms with Crippen LogP contribution < -0.4 is 16.0 Å². The van der Waals surface area contributed by atoms with Crippen molar-refractivity contribution in [3.05, 3.63) is 42.5 Å². The molecule has 0 fully saturated rings. The molecular weight excluding hydrogens is 268 g/mol. The number of hydrogen-bond donors (Lipinski definition) is 4. The van der Waals surface area contributed by atoms with Crippen molar-refractivity contribution in [1.29, 1.82) is 0 Å². The zero-order chi connectivity index (χ0) is 15.5. The minimum Gasteiger partial charge on any atom is -0.507 e. The van der Waals surface area contributed by atoms with Gasteiger partial charge >= 0.3 is 0 Å². The zero-order valence-electron chi connectivity index (χ0n) is 12.2. The smallest absolute Gasteiger partial charge is 0.255 e. The van der Waals surface area contributed by atoms with Gasteiger partial charge in [-0.3, -0.25) is 9.79 Å². The molecule has 114 valence electrons. The highest BCUT2D eigenvalue weighted by Gasteiger charge is 2.08. The number of carbonyl (C=O) groups is 1. The van der Waals surface area contributed by atoms with Crippen LogP contribution in [-0.2, 0) is 0 Å². The highest BCUT2D eigenvalue weighted by molar-refractivity contribution is 5.96. The van der Waals surface area contributed by atoms with E-state index in [0.717, 1.165) is 6.54 Å². The first-order chi connectivity index (χ1) is 10.2. The van der Waals surface area contributed by atoms with Gasteiger partial charge in [0.25, 0.3) is 5.91 Å². The van der Waals surface area contributed by atoms with E-state index in [1.807, 2.05) is 6.92 Å². The summed E-state index contributed by atoms with van der Waals surface area (Å²) in [7, 11) is 0. The topological polar surface area (TPSA) is 85.8 Å². The molecule has 0 aliphatic heterocycles. The van der Waals surface area contributed by atoms with Crippen molar-refractivity contribution in [2.75, 3.05) is 26.2 Å². The Kier molecular flexibility index (Phi) is 7.42. The average Bonchev–Trinajstić information content (AvgIpc) is 2.49. The number of benzene rings is 1. The van der Waals surface area contributed by atoms with Crippen LogP contribution in [0.15, 0.2) is 41.9 Å². The van der Waals surface area contributed by atoms with Crippen LogP contribution in [0.2, 0.25) is 0 Å². The summed E-state index contributed by atoms with van der Waals surface area (Å²) in [6.07, 6.45) is 1.74. The molecule has 0 unspecified atom stereocenters. The quantitative estimate of drug-likeness (QED) is 0.260. The summed E-state index contributed by atoms with van der Waals surface area (Å²) in [5.74, 6) is 0.334. The third kappa shape index (κ3) is 5.99. The molecule has 1 rings (SSSR count). The van der Waals surface area contributed by atoms with E-state index in [0.29, 0.717) is 25.6 Å². The second-order valence-electron chi connectivity index (χ2n) is 4.20. The standard InChI is InChI=1S/C15H22N4O2/c1-3-9-18-15(16-4-2)19-11-10-17-14(21)12-7-5-6-8-13(12)20/h3,5-8,20H,1,4,9-11H2,2H3,(H,17,21)(H2,16,18,19). The zero-order valence-corrected chi connectivity index (χ0v) is 12.2. The van der Waals surface area contributed by atoms with E-state index in [1.165, 1.54) is 6.07 Å². The maximum atomic E-state index is 11.8. The molecule has 0 saturated carbocycles. The predicted octanol–water partition coefficient (Wildman–Crippen LogP) is 0.863. The molecule has 0 atom stereocenters. The van der Waals surface area contributed by atoms with Crippen LogP contribution in [0.1, 0.15) is 17.3 Å². The van der Waals surface area contributed by atoms with E-state index < -0.39 is 0 Å². The van der Waals surface area contributed by atoms with Crippen LogP contribution in [0.25, 0.3) is 0 Å². The Balaban J connectivity index is 2.43. The first-order valence-corrected chi connectivity index (χ1v) is 6.88. The van der Waals surface area contributed by atoms with Crippen LogP contribution in [0.5, 0.6) is 5.75 Å². The number of aliphatic imine (C=N–C) groups is 1. The third-order valence-corrected chi connectivity index (χ3v) is 2.57. The molecule has 1 amide bonds. The SMILES string of the molecule is C=CCNC(=NCCNC(=O)c1ccccc1O)NCC. The van der Waals surface area contributed by atoms with Crippen LogP contribution in [0, 0.1) is 0 Å². The van der Waals surface area contributed by atoms with Crippen molar-refractivity contribution in [2.24, 2.45) is 4.99 Å². The molecule has 21 heavy (non-hydrogen) atoms. The van der Waals surface area contributed by atoms with Crippen LogP contribution in [-0.4, -0.2) is 43.2 Å². The molecule has 1 aromatic carbocycles. The summed E-state index contributed by atoms with van der Waals surface area (Å²) in [6, 6.07) is 6.43. The molecule has 0 aliphatic rings. The third-order valence-electron chi connectivity index (χ3n) is 2.57. The molecule has 0 spiro atoms. The van der Waals surface area contributed by atoms with Gasteiger partial charge in [0, 0.05) is 19.6 Å². The summed E-state index contributed by atoms with van der Waals surface area (Å²) < 4.78 is 0. The Morgan fingerprint density at radius 1 is 1.33 bits per heavy atom. The number of carbonyl (C=O) groups excluding carboxylic acids is 1. The van der Waals surface area contributed by atoms with Gasteiger partial charge in [0.2, 0.25) is 0 Å². The van der Waals surface area contributed by atoms with E-state index in [2.05, 4.69) is 27.5 Å². The monoisotopic (exact) mass is 290 g/mol. The molecule has 0 aromatic heterocycles. The number of nitrogens with one attached hydrogen (secondary N) is 3. The molecule has 6 heteroatoms. The first kappa shape index (κ1) is 16.6. The van der Waals surface area contributed by atoms with Crippen molar-refractivity contribution in [3.8, 4) is 5.75 Å². The molecule has 0 radical (unpaired) electrons. The van der Waals surface area contributed by atoms with Gasteiger partial charge in [-0.25, -0.2) is 0 Å². The number of phenolic OH excluding ortho intramolecular Hbond substituents is 1. The van der Waals surface area contributed by atoms with Crippen molar-refractivity contribution in [1.82, 2.24) is 16.0 Å². The Morgan fingerprint density at radius 3 is 2.76 bits per heavy atom. The number of para-hydroxylation sites is 1. The predicted molar refractivity (Wildman–Crippen MR) is 84.6 cm³/mol. The lowest BCUT2D eigenvalue weighted by atomic mass is 10.2. The lowest BCUT2D eigenvalue weighted by Crippen LogP contribution is -2.38. The molecule has 6 nitrogen and oxygen atoms in total. The van der Waals surface area contributed by atoms with Gasteiger partial charge in [0.05, 0.1) is 12.1 Å². The van der Waals surface area contributed by atoms with E-state index in [-0.39, 0.29) is 17.2 Å². The molecular formula is C15H22N4O2. The summed E-state index contributed by atoms with van der Waals surface area (Å²) in [5, 5.41) is 18.4. The second-order valence-corrected chi connectivity index (χ2v) is 4.20. The number of amides is 1. The number of aromatic hydroxyl groups is 1. The first-order valence-electron chi connectivity index (χ1n) is 6.88. The van der Waals surface area contributed by atoms with Crippen molar-refractivity contribution in [2.45, 2.75) is 6.92 Å². The van der Waals surface area contributed by atoms with Crippen molar-refractivity contribution < 1.29 is 9.90 Å². The fourth-order valence-electron chi connectivity index (χ4n) is 1.61. The molecule has 0 saturated heterocycles. The van der Waals surface area contributed by atoms with Crippen LogP contribution >= 0.6 is 0 Å². The van der Waals surface area contributed by atoms with E-state index in [9.17, 15) is 9.90 Å². The van der Waals surface area contributed by atoms with Gasteiger partial charge < -0.3 is 21.1 Å². The maximum Gasteiger partial charge on any atom is 0.255 e. The highest BCUT2D eigenvalue weighted by atomic mass is 16.3. The Labute approximate surface area is 125 Å². The Morgan fingerprint density at radius 2 is 2.10 bits per heavy atom. The van der Waals surface area contributed by atoms with Gasteiger partial charge in [0.1, 0.15) is 5.75 Å². The van der Waals surface area contributed by atoms with E-state index in [4.69, 9.17) is 0 Å². The average molecular weight is 290 g/mol. The summed E-state index contributed by atoms with van der Waals surface area (Å²) in [6.45, 7) is 7.81. The molecule has 0 bridgehead atoms. The minimum absolute atomic E-state index is 0.0283. The lowest BCUT2D eigenvalue weighted by Gasteiger charge is -2.10. The largest absolute Gasteiger partial charge is 0.507 e. The van der Waals surface area contributed by atoms with Gasteiger partial charge in [-0.15, -0.1) is 6.58 Å². The summed E-state index contributed by atoms with van der Waals surface area (Å²) >= 11 is 0. The van der Waals surface area contributed by atoms with Gasteiger partial charge in [0.15, 0.2) is 5.96 Å². The normalized spacial score (nSPS) is 10.8. The number of rotatable bonds is 7. The Bertz CT molecular complexity index is 500. The van der Waals surface area contributed by atoms with Gasteiger partial charge in [-0.05, 0) is 19.1 Å². The van der Waals surface area contributed by atoms with Crippen molar-refractivity contribution in [3.63, 3.8) is 0 Å². The van der Waals surface area contributed by atoms with E-state index in [1.54, 1.807) is 24.3 Å². The van der Waals surface area contributed by atoms with Gasteiger partial charge in [-0.1, -0.05) is 18.2 Å². The van der Waals surface area contributed by atoms with Crippen LogP contribution in [0.4, 0.5) is 0 Å². The molecule has 4 N–H and O–H groups in total. The molecule has 0 aliphatic carbocycles. The number of nitrogens with zero attached hydrogens (tertiary/aromatic N) is 1. The minimum atomic E-state index is -0.313. The summed E-state index contributed by atoms with van der Waals surface area (Å²) in [5.41, 5.74) is 0.262. The number of hydrogen-bond acceptors (Lipinski definition) is 3. The number of guanidine groups is 1. The summed E-state index contributed by atoms with van der Waals surface area (Å²) in [4.78, 5) is 16.2. The van der Waals surface area contributed by atoms with Crippen molar-refractivity contribution >= 4 is 11.9 Å². The van der Waals surface area contributed by atoms with Crippen LogP contribution in [0.3, 0.4) is 0 Å². The Hall–Kier alpha value is -2.50. The van der Waals surface area contributed by atoms with Gasteiger partial charge in [-0.2, -0.15) is 0 Å². The number of phenols is 1. The second kappa shape index (κ2) is 9.41. The highest BCUT2D eigenvalue weighted by Crippen LogP contribution is 2.14. The fourth-order valence-corrected chi connectivity index (χ4v) is 1.61. The molecule has 1 aromatic rings. The fraction of sp³-hybridized carbons (Fsp3) is 0.333. The lowest BCUT2D eigenvalue weighted by molar-refractivity contribution is 0.0952. The maximum absolute atomic E-state index is 11.8. The van der Waals surface area contributed by atoms with E-state index >= 15 is 0 Å².